The van der Waals surface area contributed by atoms with Gasteiger partial charge in [0.25, 0.3) is 0 Å². The van der Waals surface area contributed by atoms with Crippen molar-refractivity contribution in [1.82, 2.24) is 19.3 Å². The zero-order chi connectivity index (χ0) is 24.8. The molecule has 0 spiro atoms. The van der Waals surface area contributed by atoms with Crippen LogP contribution in [0, 0.1) is 5.92 Å². The van der Waals surface area contributed by atoms with Crippen LogP contribution in [0.1, 0.15) is 31.2 Å². The molecule has 3 heterocycles. The fourth-order valence-electron chi connectivity index (χ4n) is 4.10. The number of carbonyl (C=O) groups excluding carboxylic acids is 1. The van der Waals surface area contributed by atoms with Crippen LogP contribution in [0.2, 0.25) is 0 Å². The van der Waals surface area contributed by atoms with Crippen LogP contribution in [0.25, 0.3) is 5.65 Å². The number of fused-ring (bicyclic) bond motifs is 1. The number of nitrogens with one attached hydrogen (secondary N) is 2. The summed E-state index contributed by atoms with van der Waals surface area (Å²) >= 11 is 0. The topological polar surface area (TPSA) is 109 Å². The van der Waals surface area contributed by atoms with Crippen LogP contribution in [-0.2, 0) is 21.0 Å². The number of sulfonamides is 1. The summed E-state index contributed by atoms with van der Waals surface area (Å²) in [5.41, 5.74) is -0.440. The summed E-state index contributed by atoms with van der Waals surface area (Å²) in [4.78, 5) is 18.0. The van der Waals surface area contributed by atoms with Crippen molar-refractivity contribution in [1.29, 1.82) is 0 Å². The lowest BCUT2D eigenvalue weighted by Crippen LogP contribution is -2.45. The van der Waals surface area contributed by atoms with Crippen LogP contribution < -0.4 is 14.9 Å². The molecule has 0 unspecified atom stereocenters. The molecule has 0 bridgehead atoms. The second-order valence-electron chi connectivity index (χ2n) is 8.76. The Bertz CT molecular complexity index is 1360. The highest BCUT2D eigenvalue weighted by Gasteiger charge is 2.33. The average molecular weight is 509 g/mol. The molecule has 3 aromatic rings. The molecule has 2 aliphatic rings. The third kappa shape index (κ3) is 5.10. The molecule has 2 fully saturated rings. The summed E-state index contributed by atoms with van der Waals surface area (Å²) < 4.78 is 68.5. The zero-order valence-corrected chi connectivity index (χ0v) is 19.3. The van der Waals surface area contributed by atoms with Crippen molar-refractivity contribution in [2.75, 3.05) is 23.3 Å². The Morgan fingerprint density at radius 1 is 1.03 bits per heavy atom. The van der Waals surface area contributed by atoms with Gasteiger partial charge in [-0.2, -0.15) is 22.7 Å². The van der Waals surface area contributed by atoms with Gasteiger partial charge in [-0.15, -0.1) is 5.10 Å². The Morgan fingerprint density at radius 3 is 2.43 bits per heavy atom. The monoisotopic (exact) mass is 508 g/mol. The third-order valence-corrected chi connectivity index (χ3v) is 7.65. The number of hydrogen-bond donors (Lipinski definition) is 2. The summed E-state index contributed by atoms with van der Waals surface area (Å²) in [6, 6.07) is 8.76. The van der Waals surface area contributed by atoms with Gasteiger partial charge in [-0.05, 0) is 56.0 Å². The van der Waals surface area contributed by atoms with E-state index in [0.717, 1.165) is 36.9 Å². The van der Waals surface area contributed by atoms with Gasteiger partial charge >= 0.3 is 6.18 Å². The van der Waals surface area contributed by atoms with E-state index in [0.29, 0.717) is 37.6 Å². The van der Waals surface area contributed by atoms with E-state index in [-0.39, 0.29) is 17.8 Å². The molecule has 5 rings (SSSR count). The normalized spacial score (nSPS) is 17.6. The maximum absolute atomic E-state index is 13.0. The van der Waals surface area contributed by atoms with Crippen LogP contribution in [0.15, 0.2) is 47.4 Å². The van der Waals surface area contributed by atoms with Crippen molar-refractivity contribution in [3.05, 3.63) is 48.0 Å². The minimum absolute atomic E-state index is 0.0276. The van der Waals surface area contributed by atoms with Crippen molar-refractivity contribution in [3.8, 4) is 0 Å². The zero-order valence-electron chi connectivity index (χ0n) is 18.5. The first kappa shape index (κ1) is 23.5. The molecule has 1 aromatic carbocycles. The van der Waals surface area contributed by atoms with Crippen molar-refractivity contribution in [2.45, 2.75) is 42.8 Å². The molecular formula is C22H23F3N6O3S. The van der Waals surface area contributed by atoms with Gasteiger partial charge in [-0.3, -0.25) is 10.1 Å². The minimum atomic E-state index is -4.63. The molecule has 2 aromatic heterocycles. The number of halogens is 3. The maximum Gasteiger partial charge on any atom is 0.416 e. The Kier molecular flexibility index (Phi) is 5.91. The van der Waals surface area contributed by atoms with E-state index in [1.165, 1.54) is 0 Å². The summed E-state index contributed by atoms with van der Waals surface area (Å²) in [7, 11) is -4.11. The predicted molar refractivity (Wildman–Crippen MR) is 121 cm³/mol. The first-order chi connectivity index (χ1) is 16.6. The standard InChI is InChI=1S/C22H23F3N6O3S/c23-22(24,25)15-3-1-4-17(13-15)35(33,34)29-16-9-11-30(12-10-16)19-6-2-5-18-26-21(28-31(18)19)27-20(32)14-7-8-14/h1-6,13-14,16,29H,7-12H2,(H,27,28,32). The summed E-state index contributed by atoms with van der Waals surface area (Å²) in [6.45, 7) is 0.997. The number of benzene rings is 1. The van der Waals surface area contributed by atoms with Gasteiger partial charge < -0.3 is 4.90 Å². The van der Waals surface area contributed by atoms with Gasteiger partial charge in [0.2, 0.25) is 21.9 Å². The number of carbonyl (C=O) groups is 1. The Labute approximate surface area is 199 Å². The molecule has 1 aliphatic carbocycles. The van der Waals surface area contributed by atoms with Gasteiger partial charge in [0, 0.05) is 25.0 Å². The van der Waals surface area contributed by atoms with E-state index in [9.17, 15) is 26.4 Å². The highest BCUT2D eigenvalue weighted by molar-refractivity contribution is 7.89. The molecule has 9 nitrogen and oxygen atoms in total. The first-order valence-electron chi connectivity index (χ1n) is 11.2. The second-order valence-corrected chi connectivity index (χ2v) is 10.5. The lowest BCUT2D eigenvalue weighted by molar-refractivity contribution is -0.137. The average Bonchev–Trinajstić information content (AvgIpc) is 3.59. The van der Waals surface area contributed by atoms with Gasteiger partial charge in [-0.25, -0.2) is 13.1 Å². The SMILES string of the molecule is O=C(Nc1nc2cccc(N3CCC(NS(=O)(=O)c4cccc(C(F)(F)F)c4)CC3)n2n1)C1CC1. The molecule has 2 N–H and O–H groups in total. The Hall–Kier alpha value is -3.19. The summed E-state index contributed by atoms with van der Waals surface area (Å²) in [5.74, 6) is 0.926. The van der Waals surface area contributed by atoms with E-state index in [1.54, 1.807) is 10.6 Å². The second kappa shape index (κ2) is 8.79. The fourth-order valence-corrected chi connectivity index (χ4v) is 5.45. The first-order valence-corrected chi connectivity index (χ1v) is 12.7. The number of amides is 1. The number of rotatable bonds is 6. The van der Waals surface area contributed by atoms with E-state index in [4.69, 9.17) is 0 Å². The van der Waals surface area contributed by atoms with Gasteiger partial charge in [0.05, 0.1) is 10.5 Å². The molecular weight excluding hydrogens is 485 g/mol. The number of aromatic nitrogens is 3. The fraction of sp³-hybridized carbons (Fsp3) is 0.409. The highest BCUT2D eigenvalue weighted by Crippen LogP contribution is 2.31. The number of hydrogen-bond acceptors (Lipinski definition) is 6. The number of anilines is 2. The Morgan fingerprint density at radius 2 is 1.74 bits per heavy atom. The van der Waals surface area contributed by atoms with Gasteiger partial charge in [0.15, 0.2) is 5.65 Å². The molecule has 0 radical (unpaired) electrons. The van der Waals surface area contributed by atoms with E-state index >= 15 is 0 Å². The van der Waals surface area contributed by atoms with Gasteiger partial charge in [0.1, 0.15) is 5.82 Å². The summed E-state index contributed by atoms with van der Waals surface area (Å²) in [6.07, 6.45) is -1.98. The molecule has 13 heteroatoms. The molecule has 35 heavy (non-hydrogen) atoms. The van der Waals surface area contributed by atoms with Crippen LogP contribution in [-0.4, -0.2) is 48.1 Å². The summed E-state index contributed by atoms with van der Waals surface area (Å²) in [5, 5.41) is 7.15. The lowest BCUT2D eigenvalue weighted by Gasteiger charge is -2.33. The van der Waals surface area contributed by atoms with Crippen molar-refractivity contribution in [3.63, 3.8) is 0 Å². The number of piperidine rings is 1. The largest absolute Gasteiger partial charge is 0.416 e. The molecule has 1 aliphatic heterocycles. The number of pyridine rings is 1. The molecule has 0 atom stereocenters. The quantitative estimate of drug-likeness (QED) is 0.530. The molecule has 1 saturated heterocycles. The highest BCUT2D eigenvalue weighted by atomic mass is 32.2. The smallest absolute Gasteiger partial charge is 0.356 e. The molecule has 1 saturated carbocycles. The van der Waals surface area contributed by atoms with Gasteiger partial charge in [-0.1, -0.05) is 12.1 Å². The van der Waals surface area contributed by atoms with E-state index in [1.807, 2.05) is 17.0 Å². The molecule has 186 valence electrons. The van der Waals surface area contributed by atoms with E-state index < -0.39 is 32.7 Å². The maximum atomic E-state index is 13.0. The van der Waals surface area contributed by atoms with Crippen LogP contribution in [0.5, 0.6) is 0 Å². The van der Waals surface area contributed by atoms with Crippen LogP contribution in [0.3, 0.4) is 0 Å². The third-order valence-electron chi connectivity index (χ3n) is 6.14. The van der Waals surface area contributed by atoms with Crippen molar-refractivity contribution < 1.29 is 26.4 Å². The Balaban J connectivity index is 1.26. The van der Waals surface area contributed by atoms with Crippen LogP contribution in [0.4, 0.5) is 24.9 Å². The van der Waals surface area contributed by atoms with Crippen molar-refractivity contribution in [2.24, 2.45) is 5.92 Å². The lowest BCUT2D eigenvalue weighted by atomic mass is 10.1. The van der Waals surface area contributed by atoms with Crippen LogP contribution >= 0.6 is 0 Å². The number of nitrogens with zero attached hydrogens (tertiary/aromatic N) is 4. The molecule has 1 amide bonds. The van der Waals surface area contributed by atoms with E-state index in [2.05, 4.69) is 20.1 Å². The van der Waals surface area contributed by atoms with Crippen molar-refractivity contribution >= 4 is 33.3 Å². The minimum Gasteiger partial charge on any atom is -0.356 e. The predicted octanol–water partition coefficient (Wildman–Crippen LogP) is 3.04. The number of alkyl halides is 3.